The van der Waals surface area contributed by atoms with Crippen LogP contribution in [0.2, 0.25) is 5.15 Å². The van der Waals surface area contributed by atoms with Crippen molar-refractivity contribution in [1.82, 2.24) is 9.97 Å². The number of aromatic nitrogens is 2. The van der Waals surface area contributed by atoms with Crippen molar-refractivity contribution in [3.63, 3.8) is 0 Å². The Labute approximate surface area is 127 Å². The number of alkyl halides is 3. The molecule has 0 unspecified atom stereocenters. The predicted octanol–water partition coefficient (Wildman–Crippen LogP) is 3.39. The van der Waals surface area contributed by atoms with Gasteiger partial charge in [-0.1, -0.05) is 17.7 Å². The van der Waals surface area contributed by atoms with Crippen LogP contribution in [0.3, 0.4) is 0 Å². The third-order valence-corrected chi connectivity index (χ3v) is 3.33. The van der Waals surface area contributed by atoms with Crippen molar-refractivity contribution in [2.24, 2.45) is 0 Å². The third kappa shape index (κ3) is 2.82. The Hall–Kier alpha value is -2.35. The second-order valence-electron chi connectivity index (χ2n) is 4.62. The lowest BCUT2D eigenvalue weighted by Gasteiger charge is -2.10. The SMILES string of the molecule is O=C1Cc2ccc(Nc3ncc(C(F)(F)F)c(Cl)n3)cc2N1. The van der Waals surface area contributed by atoms with Crippen LogP contribution >= 0.6 is 11.6 Å². The molecule has 0 spiro atoms. The number of carbonyl (C=O) groups is 1. The molecule has 1 aromatic heterocycles. The van der Waals surface area contributed by atoms with Crippen LogP contribution in [0.5, 0.6) is 0 Å². The summed E-state index contributed by atoms with van der Waals surface area (Å²) in [7, 11) is 0. The van der Waals surface area contributed by atoms with E-state index in [9.17, 15) is 18.0 Å². The second kappa shape index (κ2) is 5.13. The molecular formula is C13H8ClF3N4O. The molecule has 0 atom stereocenters. The van der Waals surface area contributed by atoms with Gasteiger partial charge in [0.25, 0.3) is 0 Å². The number of fused-ring (bicyclic) bond motifs is 1. The van der Waals surface area contributed by atoms with Gasteiger partial charge in [-0.05, 0) is 17.7 Å². The Morgan fingerprint density at radius 2 is 2.09 bits per heavy atom. The summed E-state index contributed by atoms with van der Waals surface area (Å²) in [4.78, 5) is 18.4. The minimum absolute atomic E-state index is 0.0673. The van der Waals surface area contributed by atoms with E-state index in [1.165, 1.54) is 0 Å². The predicted molar refractivity (Wildman–Crippen MR) is 74.1 cm³/mol. The molecule has 0 bridgehead atoms. The van der Waals surface area contributed by atoms with Crippen LogP contribution in [-0.2, 0) is 17.4 Å². The van der Waals surface area contributed by atoms with Gasteiger partial charge in [-0.2, -0.15) is 13.2 Å². The van der Waals surface area contributed by atoms with Gasteiger partial charge < -0.3 is 10.6 Å². The molecule has 0 aliphatic carbocycles. The first kappa shape index (κ1) is 14.6. The summed E-state index contributed by atoms with van der Waals surface area (Å²) in [6, 6.07) is 5.06. The first-order chi connectivity index (χ1) is 10.3. The summed E-state index contributed by atoms with van der Waals surface area (Å²) in [5, 5.41) is 4.73. The highest BCUT2D eigenvalue weighted by Gasteiger charge is 2.34. The Morgan fingerprint density at radius 3 is 2.77 bits per heavy atom. The maximum atomic E-state index is 12.6. The fourth-order valence-electron chi connectivity index (χ4n) is 2.03. The van der Waals surface area contributed by atoms with E-state index in [1.54, 1.807) is 18.2 Å². The minimum Gasteiger partial charge on any atom is -0.325 e. The maximum absolute atomic E-state index is 12.6. The molecule has 1 aromatic carbocycles. The van der Waals surface area contributed by atoms with E-state index in [0.717, 1.165) is 5.56 Å². The number of rotatable bonds is 2. The quantitative estimate of drug-likeness (QED) is 0.829. The van der Waals surface area contributed by atoms with E-state index in [1.807, 2.05) is 0 Å². The molecule has 0 saturated heterocycles. The van der Waals surface area contributed by atoms with Crippen LogP contribution in [0.4, 0.5) is 30.5 Å². The topological polar surface area (TPSA) is 66.9 Å². The molecule has 1 amide bonds. The van der Waals surface area contributed by atoms with Crippen molar-refractivity contribution in [1.29, 1.82) is 0 Å². The number of benzene rings is 1. The normalized spacial score (nSPS) is 13.7. The van der Waals surface area contributed by atoms with Gasteiger partial charge in [-0.3, -0.25) is 4.79 Å². The van der Waals surface area contributed by atoms with E-state index >= 15 is 0 Å². The molecule has 1 aliphatic rings. The van der Waals surface area contributed by atoms with Crippen molar-refractivity contribution in [2.75, 3.05) is 10.6 Å². The van der Waals surface area contributed by atoms with Gasteiger partial charge >= 0.3 is 6.18 Å². The van der Waals surface area contributed by atoms with Gasteiger partial charge in [0, 0.05) is 17.6 Å². The van der Waals surface area contributed by atoms with Crippen molar-refractivity contribution in [2.45, 2.75) is 12.6 Å². The smallest absolute Gasteiger partial charge is 0.325 e. The van der Waals surface area contributed by atoms with E-state index in [-0.39, 0.29) is 11.9 Å². The molecule has 2 N–H and O–H groups in total. The van der Waals surface area contributed by atoms with Gasteiger partial charge in [0.15, 0.2) is 0 Å². The Morgan fingerprint density at radius 1 is 1.32 bits per heavy atom. The van der Waals surface area contributed by atoms with Crippen molar-refractivity contribution in [3.8, 4) is 0 Å². The molecule has 0 saturated carbocycles. The van der Waals surface area contributed by atoms with Crippen LogP contribution in [-0.4, -0.2) is 15.9 Å². The summed E-state index contributed by atoms with van der Waals surface area (Å²) in [5.74, 6) is -0.178. The molecule has 1 aliphatic heterocycles. The zero-order chi connectivity index (χ0) is 15.9. The van der Waals surface area contributed by atoms with E-state index < -0.39 is 16.9 Å². The van der Waals surface area contributed by atoms with E-state index in [2.05, 4.69) is 20.6 Å². The monoisotopic (exact) mass is 328 g/mol. The molecular weight excluding hydrogens is 321 g/mol. The Bertz CT molecular complexity index is 763. The Balaban J connectivity index is 1.84. The van der Waals surface area contributed by atoms with Crippen LogP contribution in [0.1, 0.15) is 11.1 Å². The summed E-state index contributed by atoms with van der Waals surface area (Å²) >= 11 is 5.53. The zero-order valence-electron chi connectivity index (χ0n) is 10.8. The van der Waals surface area contributed by atoms with Crippen LogP contribution in [0.15, 0.2) is 24.4 Å². The Kier molecular flexibility index (Phi) is 3.40. The molecule has 5 nitrogen and oxygen atoms in total. The van der Waals surface area contributed by atoms with Crippen LogP contribution in [0, 0.1) is 0 Å². The number of nitrogens with zero attached hydrogens (tertiary/aromatic N) is 2. The largest absolute Gasteiger partial charge is 0.420 e. The van der Waals surface area contributed by atoms with Crippen molar-refractivity contribution in [3.05, 3.63) is 40.7 Å². The molecule has 2 heterocycles. The van der Waals surface area contributed by atoms with Crippen molar-refractivity contribution >= 4 is 34.8 Å². The number of hydrogen-bond acceptors (Lipinski definition) is 4. The lowest BCUT2D eigenvalue weighted by atomic mass is 10.1. The van der Waals surface area contributed by atoms with Gasteiger partial charge in [-0.25, -0.2) is 9.97 Å². The van der Waals surface area contributed by atoms with Crippen molar-refractivity contribution < 1.29 is 18.0 Å². The van der Waals surface area contributed by atoms with Gasteiger partial charge in [0.1, 0.15) is 10.7 Å². The van der Waals surface area contributed by atoms with Gasteiger partial charge in [0.05, 0.1) is 6.42 Å². The number of halogens is 4. The van der Waals surface area contributed by atoms with E-state index in [0.29, 0.717) is 24.0 Å². The highest BCUT2D eigenvalue weighted by atomic mass is 35.5. The average Bonchev–Trinajstić information content (AvgIpc) is 2.76. The van der Waals surface area contributed by atoms with Crippen LogP contribution in [0.25, 0.3) is 0 Å². The molecule has 0 radical (unpaired) electrons. The van der Waals surface area contributed by atoms with Gasteiger partial charge in [0.2, 0.25) is 11.9 Å². The molecule has 0 fully saturated rings. The number of amides is 1. The molecule has 2 aromatic rings. The number of anilines is 3. The maximum Gasteiger partial charge on any atom is 0.420 e. The van der Waals surface area contributed by atoms with Crippen LogP contribution < -0.4 is 10.6 Å². The molecule has 22 heavy (non-hydrogen) atoms. The number of carbonyl (C=O) groups excluding carboxylic acids is 1. The second-order valence-corrected chi connectivity index (χ2v) is 4.98. The summed E-state index contributed by atoms with van der Waals surface area (Å²) in [5.41, 5.74) is 0.924. The van der Waals surface area contributed by atoms with Gasteiger partial charge in [-0.15, -0.1) is 0 Å². The minimum atomic E-state index is -4.60. The molecule has 3 rings (SSSR count). The highest BCUT2D eigenvalue weighted by molar-refractivity contribution is 6.30. The number of nitrogens with one attached hydrogen (secondary N) is 2. The first-order valence-corrected chi connectivity index (χ1v) is 6.50. The average molecular weight is 329 g/mol. The molecule has 9 heteroatoms. The number of hydrogen-bond donors (Lipinski definition) is 2. The standard InChI is InChI=1S/C13H8ClF3N4O/c14-11-8(13(15,16)17)5-18-12(21-11)19-7-2-1-6-3-10(22)20-9(6)4-7/h1-2,4-5H,3H2,(H,20,22)(H,18,19,21). The van der Waals surface area contributed by atoms with E-state index in [4.69, 9.17) is 11.6 Å². The fraction of sp³-hybridized carbons (Fsp3) is 0.154. The summed E-state index contributed by atoms with van der Waals surface area (Å²) in [6.45, 7) is 0. The lowest BCUT2D eigenvalue weighted by molar-refractivity contribution is -0.138. The first-order valence-electron chi connectivity index (χ1n) is 6.12. The highest BCUT2D eigenvalue weighted by Crippen LogP contribution is 2.34. The third-order valence-electron chi connectivity index (χ3n) is 3.04. The summed E-state index contributed by atoms with van der Waals surface area (Å²) in [6.07, 6.45) is -3.68. The molecule has 114 valence electrons. The summed E-state index contributed by atoms with van der Waals surface area (Å²) < 4.78 is 37.7. The zero-order valence-corrected chi connectivity index (χ0v) is 11.6. The lowest BCUT2D eigenvalue weighted by Crippen LogP contribution is -2.09. The fourth-order valence-corrected chi connectivity index (χ4v) is 2.27.